The highest BCUT2D eigenvalue weighted by atomic mass is 35.5. The molecule has 1 aromatic heterocycles. The third kappa shape index (κ3) is 3.81. The largest absolute Gasteiger partial charge is 0.361 e. The summed E-state index contributed by atoms with van der Waals surface area (Å²) in [4.78, 5) is 12.6. The van der Waals surface area contributed by atoms with Crippen LogP contribution in [-0.2, 0) is 6.42 Å². The van der Waals surface area contributed by atoms with Gasteiger partial charge in [0.25, 0.3) is 5.91 Å². The van der Waals surface area contributed by atoms with E-state index in [2.05, 4.69) is 10.5 Å². The highest BCUT2D eigenvalue weighted by molar-refractivity contribution is 6.31. The van der Waals surface area contributed by atoms with Crippen molar-refractivity contribution in [2.75, 3.05) is 0 Å². The highest BCUT2D eigenvalue weighted by Crippen LogP contribution is 2.37. The number of carbonyl (C=O) groups excluding carboxylic acids is 1. The minimum atomic E-state index is -0.200. The van der Waals surface area contributed by atoms with Gasteiger partial charge in [-0.3, -0.25) is 4.79 Å². The Balaban J connectivity index is 1.84. The molecule has 3 rings (SSSR count). The fourth-order valence-electron chi connectivity index (χ4n) is 3.45. The Hall–Kier alpha value is -1.81. The molecular formula is C19H23ClN2O2. The van der Waals surface area contributed by atoms with E-state index in [1.807, 2.05) is 31.2 Å². The van der Waals surface area contributed by atoms with Crippen molar-refractivity contribution in [2.24, 2.45) is 5.92 Å². The minimum absolute atomic E-state index is 0.0896. The summed E-state index contributed by atoms with van der Waals surface area (Å²) in [5.41, 5.74) is 1.32. The summed E-state index contributed by atoms with van der Waals surface area (Å²) < 4.78 is 5.15. The molecule has 1 aromatic carbocycles. The Morgan fingerprint density at radius 2 is 2.08 bits per heavy atom. The second-order valence-corrected chi connectivity index (χ2v) is 6.81. The highest BCUT2D eigenvalue weighted by Gasteiger charge is 2.29. The molecule has 4 nitrogen and oxygen atoms in total. The predicted octanol–water partition coefficient (Wildman–Crippen LogP) is 4.94. The SMILES string of the molecule is CCc1cc(C(=O)NC(c2ccccc2Cl)C2CCCCC2)no1. The summed E-state index contributed by atoms with van der Waals surface area (Å²) in [5.74, 6) is 0.918. The number of halogens is 1. The third-order valence-electron chi connectivity index (χ3n) is 4.79. The van der Waals surface area contributed by atoms with Gasteiger partial charge in [0.05, 0.1) is 6.04 Å². The standard InChI is InChI=1S/C19H23ClN2O2/c1-2-14-12-17(22-24-14)19(23)21-18(13-8-4-3-5-9-13)15-10-6-7-11-16(15)20/h6-7,10-13,18H,2-5,8-9H2,1H3,(H,21,23). The van der Waals surface area contributed by atoms with E-state index in [-0.39, 0.29) is 11.9 Å². The fraction of sp³-hybridized carbons (Fsp3) is 0.474. The van der Waals surface area contributed by atoms with Crippen LogP contribution in [0.4, 0.5) is 0 Å². The fourth-order valence-corrected chi connectivity index (χ4v) is 3.70. The Morgan fingerprint density at radius 1 is 1.33 bits per heavy atom. The van der Waals surface area contributed by atoms with Gasteiger partial charge >= 0.3 is 0 Å². The molecule has 0 radical (unpaired) electrons. The number of aromatic nitrogens is 1. The van der Waals surface area contributed by atoms with Crippen molar-refractivity contribution in [1.82, 2.24) is 10.5 Å². The van der Waals surface area contributed by atoms with Gasteiger partial charge in [0.2, 0.25) is 0 Å². The Labute approximate surface area is 147 Å². The molecule has 1 aliphatic carbocycles. The van der Waals surface area contributed by atoms with Gasteiger partial charge < -0.3 is 9.84 Å². The normalized spacial score (nSPS) is 16.8. The number of hydrogen-bond donors (Lipinski definition) is 1. The van der Waals surface area contributed by atoms with Crippen molar-refractivity contribution in [2.45, 2.75) is 51.5 Å². The quantitative estimate of drug-likeness (QED) is 0.834. The van der Waals surface area contributed by atoms with Gasteiger partial charge in [-0.1, -0.05) is 61.1 Å². The molecule has 0 saturated heterocycles. The summed E-state index contributed by atoms with van der Waals surface area (Å²) >= 11 is 6.41. The molecule has 0 spiro atoms. The summed E-state index contributed by atoms with van der Waals surface area (Å²) in [6, 6.07) is 9.38. The number of carbonyl (C=O) groups is 1. The molecule has 1 heterocycles. The van der Waals surface area contributed by atoms with Gasteiger partial charge in [0.1, 0.15) is 5.76 Å². The van der Waals surface area contributed by atoms with E-state index < -0.39 is 0 Å². The molecule has 1 fully saturated rings. The zero-order valence-electron chi connectivity index (χ0n) is 13.9. The molecule has 128 valence electrons. The molecule has 0 aliphatic heterocycles. The molecule has 1 aliphatic rings. The second kappa shape index (κ2) is 7.84. The van der Waals surface area contributed by atoms with Crippen LogP contribution in [0, 0.1) is 5.92 Å². The van der Waals surface area contributed by atoms with Crippen molar-refractivity contribution in [3.05, 3.63) is 52.4 Å². The first-order valence-electron chi connectivity index (χ1n) is 8.70. The van der Waals surface area contributed by atoms with E-state index in [4.69, 9.17) is 16.1 Å². The number of aryl methyl sites for hydroxylation is 1. The summed E-state index contributed by atoms with van der Waals surface area (Å²) in [6.45, 7) is 1.97. The predicted molar refractivity (Wildman–Crippen MR) is 94.1 cm³/mol. The molecular weight excluding hydrogens is 324 g/mol. The Morgan fingerprint density at radius 3 is 2.75 bits per heavy atom. The molecule has 2 aromatic rings. The van der Waals surface area contributed by atoms with Gasteiger partial charge in [0, 0.05) is 17.5 Å². The number of nitrogens with one attached hydrogen (secondary N) is 1. The van der Waals surface area contributed by atoms with Crippen molar-refractivity contribution >= 4 is 17.5 Å². The lowest BCUT2D eigenvalue weighted by atomic mass is 9.81. The van der Waals surface area contributed by atoms with Crippen LogP contribution in [0.3, 0.4) is 0 Å². The average molecular weight is 347 g/mol. The van der Waals surface area contributed by atoms with E-state index in [0.29, 0.717) is 22.4 Å². The monoisotopic (exact) mass is 346 g/mol. The first kappa shape index (κ1) is 17.0. The van der Waals surface area contributed by atoms with E-state index in [1.165, 1.54) is 19.3 Å². The third-order valence-corrected chi connectivity index (χ3v) is 5.13. The molecule has 0 bridgehead atoms. The van der Waals surface area contributed by atoms with Crippen LogP contribution in [0.5, 0.6) is 0 Å². The molecule has 1 amide bonds. The lowest BCUT2D eigenvalue weighted by Crippen LogP contribution is -2.34. The topological polar surface area (TPSA) is 55.1 Å². The van der Waals surface area contributed by atoms with Crippen LogP contribution < -0.4 is 5.32 Å². The first-order chi connectivity index (χ1) is 11.7. The summed E-state index contributed by atoms with van der Waals surface area (Å²) in [5, 5.41) is 7.73. The van der Waals surface area contributed by atoms with Crippen LogP contribution in [0.25, 0.3) is 0 Å². The van der Waals surface area contributed by atoms with Crippen molar-refractivity contribution in [1.29, 1.82) is 0 Å². The van der Waals surface area contributed by atoms with E-state index >= 15 is 0 Å². The Bertz CT molecular complexity index is 692. The van der Waals surface area contributed by atoms with E-state index in [0.717, 1.165) is 24.8 Å². The van der Waals surface area contributed by atoms with Crippen LogP contribution in [0.15, 0.2) is 34.9 Å². The maximum atomic E-state index is 12.6. The second-order valence-electron chi connectivity index (χ2n) is 6.40. The van der Waals surface area contributed by atoms with Gasteiger partial charge in [-0.15, -0.1) is 0 Å². The number of amides is 1. The van der Waals surface area contributed by atoms with Gasteiger partial charge in [0.15, 0.2) is 5.69 Å². The number of hydrogen-bond acceptors (Lipinski definition) is 3. The number of benzene rings is 1. The lowest BCUT2D eigenvalue weighted by molar-refractivity contribution is 0.0903. The van der Waals surface area contributed by atoms with E-state index in [1.54, 1.807) is 6.07 Å². The van der Waals surface area contributed by atoms with Gasteiger partial charge in [-0.05, 0) is 30.4 Å². The smallest absolute Gasteiger partial charge is 0.273 e. The van der Waals surface area contributed by atoms with Gasteiger partial charge in [-0.2, -0.15) is 0 Å². The average Bonchev–Trinajstić information content (AvgIpc) is 3.10. The maximum Gasteiger partial charge on any atom is 0.273 e. The summed E-state index contributed by atoms with van der Waals surface area (Å²) in [7, 11) is 0. The molecule has 1 N–H and O–H groups in total. The zero-order valence-corrected chi connectivity index (χ0v) is 14.7. The summed E-state index contributed by atoms with van der Waals surface area (Å²) in [6.07, 6.45) is 6.60. The molecule has 1 atom stereocenters. The number of rotatable bonds is 5. The van der Waals surface area contributed by atoms with Crippen molar-refractivity contribution < 1.29 is 9.32 Å². The van der Waals surface area contributed by atoms with Crippen LogP contribution in [0.2, 0.25) is 5.02 Å². The molecule has 1 unspecified atom stereocenters. The molecule has 1 saturated carbocycles. The Kier molecular flexibility index (Phi) is 5.56. The minimum Gasteiger partial charge on any atom is -0.361 e. The van der Waals surface area contributed by atoms with Crippen LogP contribution in [-0.4, -0.2) is 11.1 Å². The number of nitrogens with zero attached hydrogens (tertiary/aromatic N) is 1. The lowest BCUT2D eigenvalue weighted by Gasteiger charge is -2.31. The first-order valence-corrected chi connectivity index (χ1v) is 9.07. The van der Waals surface area contributed by atoms with Gasteiger partial charge in [-0.25, -0.2) is 0 Å². The molecule has 5 heteroatoms. The van der Waals surface area contributed by atoms with Crippen molar-refractivity contribution in [3.8, 4) is 0 Å². The van der Waals surface area contributed by atoms with Crippen LogP contribution >= 0.6 is 11.6 Å². The maximum absolute atomic E-state index is 12.6. The molecule has 24 heavy (non-hydrogen) atoms. The zero-order chi connectivity index (χ0) is 16.9. The van der Waals surface area contributed by atoms with Crippen LogP contribution in [0.1, 0.15) is 66.9 Å². The van der Waals surface area contributed by atoms with Crippen molar-refractivity contribution in [3.63, 3.8) is 0 Å². The van der Waals surface area contributed by atoms with E-state index in [9.17, 15) is 4.79 Å².